The van der Waals surface area contributed by atoms with Crippen molar-refractivity contribution in [1.82, 2.24) is 10.5 Å². The number of hydrogen-bond acceptors (Lipinski definition) is 6. The molecule has 2 rings (SSSR count). The number of aromatic nitrogens is 1. The first-order chi connectivity index (χ1) is 12.8. The molecular weight excluding hydrogens is 374 g/mol. The summed E-state index contributed by atoms with van der Waals surface area (Å²) in [5.41, 5.74) is 0.247. The standard InChI is InChI=1S/C18H20ClN3O5/c1-10(2)16(21-17(24)12-6-4-5-7-13(12)19)18(25)26-9-15(23)20-14-8-11(3)27-22-14/h4-8,10,16H,9H2,1-3H3,(H,21,24)(H,20,22,23)/t16-/m1/s1. The van der Waals surface area contributed by atoms with Crippen molar-refractivity contribution < 1.29 is 23.6 Å². The van der Waals surface area contributed by atoms with E-state index >= 15 is 0 Å². The molecule has 0 aliphatic heterocycles. The SMILES string of the molecule is Cc1cc(NC(=O)COC(=O)[C@H](NC(=O)c2ccccc2Cl)C(C)C)no1. The number of aryl methyl sites for hydroxylation is 1. The molecule has 2 amide bonds. The van der Waals surface area contributed by atoms with Crippen molar-refractivity contribution in [3.63, 3.8) is 0 Å². The van der Waals surface area contributed by atoms with Crippen molar-refractivity contribution in [2.45, 2.75) is 26.8 Å². The molecule has 0 spiro atoms. The van der Waals surface area contributed by atoms with Gasteiger partial charge in [0.05, 0.1) is 10.6 Å². The van der Waals surface area contributed by atoms with Crippen LogP contribution < -0.4 is 10.6 Å². The van der Waals surface area contributed by atoms with E-state index in [2.05, 4.69) is 15.8 Å². The van der Waals surface area contributed by atoms with Gasteiger partial charge in [0.1, 0.15) is 11.8 Å². The molecule has 0 unspecified atom stereocenters. The summed E-state index contributed by atoms with van der Waals surface area (Å²) in [4.78, 5) is 36.5. The van der Waals surface area contributed by atoms with Crippen LogP contribution in [0.3, 0.4) is 0 Å². The number of amides is 2. The van der Waals surface area contributed by atoms with Crippen LogP contribution in [0, 0.1) is 12.8 Å². The Balaban J connectivity index is 1.93. The molecule has 1 aromatic heterocycles. The van der Waals surface area contributed by atoms with Crippen molar-refractivity contribution in [3.05, 3.63) is 46.7 Å². The van der Waals surface area contributed by atoms with Gasteiger partial charge in [0.25, 0.3) is 11.8 Å². The minimum absolute atomic E-state index is 0.223. The number of rotatable bonds is 7. The van der Waals surface area contributed by atoms with Crippen molar-refractivity contribution in [1.29, 1.82) is 0 Å². The van der Waals surface area contributed by atoms with Crippen LogP contribution in [0.2, 0.25) is 5.02 Å². The van der Waals surface area contributed by atoms with Crippen LogP contribution in [-0.4, -0.2) is 35.6 Å². The topological polar surface area (TPSA) is 111 Å². The molecule has 0 fully saturated rings. The van der Waals surface area contributed by atoms with Crippen LogP contribution >= 0.6 is 11.6 Å². The van der Waals surface area contributed by atoms with Crippen molar-refractivity contribution in [3.8, 4) is 0 Å². The molecule has 0 saturated carbocycles. The van der Waals surface area contributed by atoms with E-state index in [9.17, 15) is 14.4 Å². The Morgan fingerprint density at radius 2 is 1.96 bits per heavy atom. The Kier molecular flexibility index (Phi) is 6.95. The van der Waals surface area contributed by atoms with Gasteiger partial charge < -0.3 is 19.9 Å². The number of ether oxygens (including phenoxy) is 1. The van der Waals surface area contributed by atoms with Gasteiger partial charge in [0.15, 0.2) is 12.4 Å². The molecule has 1 aromatic carbocycles. The highest BCUT2D eigenvalue weighted by Gasteiger charge is 2.27. The van der Waals surface area contributed by atoms with Gasteiger partial charge in [-0.1, -0.05) is 42.7 Å². The third kappa shape index (κ3) is 5.82. The van der Waals surface area contributed by atoms with E-state index in [1.165, 1.54) is 6.07 Å². The summed E-state index contributed by atoms with van der Waals surface area (Å²) in [5.74, 6) is -1.30. The summed E-state index contributed by atoms with van der Waals surface area (Å²) < 4.78 is 9.84. The molecule has 27 heavy (non-hydrogen) atoms. The highest BCUT2D eigenvalue weighted by Crippen LogP contribution is 2.16. The summed E-state index contributed by atoms with van der Waals surface area (Å²) in [5, 5.41) is 8.91. The molecule has 1 heterocycles. The Morgan fingerprint density at radius 1 is 1.26 bits per heavy atom. The number of benzene rings is 1. The summed E-state index contributed by atoms with van der Waals surface area (Å²) >= 11 is 6.00. The van der Waals surface area contributed by atoms with Gasteiger partial charge in [0.2, 0.25) is 0 Å². The maximum atomic E-state index is 12.4. The van der Waals surface area contributed by atoms with Crippen molar-refractivity contribution in [2.24, 2.45) is 5.92 Å². The summed E-state index contributed by atoms with van der Waals surface area (Å²) in [7, 11) is 0. The predicted octanol–water partition coefficient (Wildman–Crippen LogP) is 2.57. The Labute approximate surface area is 161 Å². The zero-order chi connectivity index (χ0) is 20.0. The lowest BCUT2D eigenvalue weighted by molar-refractivity contribution is -0.150. The molecule has 2 N–H and O–H groups in total. The van der Waals surface area contributed by atoms with E-state index < -0.39 is 30.4 Å². The fraction of sp³-hybridized carbons (Fsp3) is 0.333. The molecule has 8 nitrogen and oxygen atoms in total. The number of carbonyl (C=O) groups excluding carboxylic acids is 3. The summed E-state index contributed by atoms with van der Waals surface area (Å²) in [6.45, 7) is 4.65. The van der Waals surface area contributed by atoms with Gasteiger partial charge in [-0.15, -0.1) is 0 Å². The van der Waals surface area contributed by atoms with E-state index in [0.717, 1.165) is 0 Å². The van der Waals surface area contributed by atoms with Gasteiger partial charge >= 0.3 is 5.97 Å². The number of esters is 1. The minimum Gasteiger partial charge on any atom is -0.454 e. The molecule has 0 aliphatic carbocycles. The average Bonchev–Trinajstić information content (AvgIpc) is 3.02. The normalized spacial score (nSPS) is 11.7. The van der Waals surface area contributed by atoms with Gasteiger partial charge in [-0.25, -0.2) is 4.79 Å². The largest absolute Gasteiger partial charge is 0.454 e. The molecule has 144 valence electrons. The van der Waals surface area contributed by atoms with Crippen LogP contribution in [0.5, 0.6) is 0 Å². The van der Waals surface area contributed by atoms with Crippen LogP contribution in [0.15, 0.2) is 34.9 Å². The second-order valence-electron chi connectivity index (χ2n) is 6.15. The van der Waals surface area contributed by atoms with Gasteiger partial charge in [-0.05, 0) is 25.0 Å². The zero-order valence-corrected chi connectivity index (χ0v) is 15.9. The Morgan fingerprint density at radius 3 is 2.56 bits per heavy atom. The third-order valence-electron chi connectivity index (χ3n) is 3.57. The first-order valence-electron chi connectivity index (χ1n) is 8.23. The predicted molar refractivity (Wildman–Crippen MR) is 98.4 cm³/mol. The molecule has 0 aliphatic rings. The third-order valence-corrected chi connectivity index (χ3v) is 3.90. The first-order valence-corrected chi connectivity index (χ1v) is 8.61. The van der Waals surface area contributed by atoms with E-state index in [1.807, 2.05) is 0 Å². The maximum absolute atomic E-state index is 12.4. The number of anilines is 1. The van der Waals surface area contributed by atoms with Crippen molar-refractivity contribution in [2.75, 3.05) is 11.9 Å². The Bertz CT molecular complexity index is 834. The first kappa shape index (κ1) is 20.4. The van der Waals surface area contributed by atoms with Gasteiger partial charge in [0, 0.05) is 6.07 Å². The number of halogens is 1. The lowest BCUT2D eigenvalue weighted by Crippen LogP contribution is -2.46. The van der Waals surface area contributed by atoms with Crippen LogP contribution in [-0.2, 0) is 14.3 Å². The van der Waals surface area contributed by atoms with Crippen LogP contribution in [0.1, 0.15) is 30.0 Å². The van der Waals surface area contributed by atoms with Crippen molar-refractivity contribution >= 4 is 35.2 Å². The molecule has 1 atom stereocenters. The van der Waals surface area contributed by atoms with Gasteiger partial charge in [-0.2, -0.15) is 0 Å². The summed E-state index contributed by atoms with van der Waals surface area (Å²) in [6, 6.07) is 7.08. The number of carbonyl (C=O) groups is 3. The summed E-state index contributed by atoms with van der Waals surface area (Å²) in [6.07, 6.45) is 0. The molecule has 2 aromatic rings. The van der Waals surface area contributed by atoms with Crippen LogP contribution in [0.4, 0.5) is 5.82 Å². The molecular formula is C18H20ClN3O5. The average molecular weight is 394 g/mol. The Hall–Kier alpha value is -2.87. The smallest absolute Gasteiger partial charge is 0.329 e. The van der Waals surface area contributed by atoms with E-state index in [-0.39, 0.29) is 22.3 Å². The maximum Gasteiger partial charge on any atom is 0.329 e. The molecule has 0 bridgehead atoms. The molecule has 0 radical (unpaired) electrons. The van der Waals surface area contributed by atoms with E-state index in [0.29, 0.717) is 5.76 Å². The van der Waals surface area contributed by atoms with Crippen LogP contribution in [0.25, 0.3) is 0 Å². The quantitative estimate of drug-likeness (QED) is 0.699. The highest BCUT2D eigenvalue weighted by molar-refractivity contribution is 6.33. The lowest BCUT2D eigenvalue weighted by atomic mass is 10.0. The van der Waals surface area contributed by atoms with E-state index in [1.54, 1.807) is 45.0 Å². The minimum atomic E-state index is -0.934. The lowest BCUT2D eigenvalue weighted by Gasteiger charge is -2.21. The van der Waals surface area contributed by atoms with Gasteiger partial charge in [-0.3, -0.25) is 9.59 Å². The second kappa shape index (κ2) is 9.18. The second-order valence-corrected chi connectivity index (χ2v) is 6.56. The number of nitrogens with zero attached hydrogens (tertiary/aromatic N) is 1. The zero-order valence-electron chi connectivity index (χ0n) is 15.1. The number of hydrogen-bond donors (Lipinski definition) is 2. The fourth-order valence-electron chi connectivity index (χ4n) is 2.19. The fourth-order valence-corrected chi connectivity index (χ4v) is 2.41. The number of nitrogens with one attached hydrogen (secondary N) is 2. The molecule has 0 saturated heterocycles. The monoisotopic (exact) mass is 393 g/mol. The molecule has 9 heteroatoms. The highest BCUT2D eigenvalue weighted by atomic mass is 35.5. The van der Waals surface area contributed by atoms with E-state index in [4.69, 9.17) is 20.9 Å².